The number of carbonyl (C=O) groups is 1. The summed E-state index contributed by atoms with van der Waals surface area (Å²) in [6.45, 7) is 0.379. The van der Waals surface area contributed by atoms with Crippen molar-refractivity contribution in [2.75, 3.05) is 6.61 Å². The Labute approximate surface area is 85.9 Å². The average molecular weight is 212 g/mol. The van der Waals surface area contributed by atoms with Crippen LogP contribution < -0.4 is 4.74 Å². The van der Waals surface area contributed by atoms with Gasteiger partial charge in [0.25, 0.3) is 0 Å². The molecule has 0 unspecified atom stereocenters. The maximum absolute atomic E-state index is 13.4. The summed E-state index contributed by atoms with van der Waals surface area (Å²) in [5.74, 6) is -0.890. The third kappa shape index (κ3) is 1.71. The van der Waals surface area contributed by atoms with Crippen molar-refractivity contribution in [3.05, 3.63) is 28.8 Å². The fourth-order valence-corrected chi connectivity index (χ4v) is 1.78. The minimum atomic E-state index is -0.630. The zero-order valence-corrected chi connectivity index (χ0v) is 8.06. The van der Waals surface area contributed by atoms with Gasteiger partial charge in [0.1, 0.15) is 23.7 Å². The largest absolute Gasteiger partial charge is 0.492 e. The number of ether oxygens (including phenoxy) is 1. The van der Waals surface area contributed by atoms with Crippen LogP contribution in [0.5, 0.6) is 5.75 Å². The topological polar surface area (TPSA) is 26.3 Å². The fraction of sp³-hybridized carbons (Fsp3) is 0.364. The maximum atomic E-state index is 13.4. The molecule has 80 valence electrons. The molecule has 4 heteroatoms. The monoisotopic (exact) mass is 212 g/mol. The Hall–Kier alpha value is -1.45. The van der Waals surface area contributed by atoms with Crippen molar-refractivity contribution in [1.82, 2.24) is 0 Å². The normalized spacial score (nSPS) is 13.5. The van der Waals surface area contributed by atoms with Crippen LogP contribution in [0.2, 0.25) is 0 Å². The van der Waals surface area contributed by atoms with Crippen LogP contribution in [0.25, 0.3) is 0 Å². The lowest BCUT2D eigenvalue weighted by molar-refractivity contribution is -0.107. The summed E-state index contributed by atoms with van der Waals surface area (Å²) in [6, 6.07) is 0.869. The Morgan fingerprint density at radius 3 is 2.93 bits per heavy atom. The van der Waals surface area contributed by atoms with Gasteiger partial charge >= 0.3 is 0 Å². The molecule has 0 atom stereocenters. The lowest BCUT2D eigenvalue weighted by Crippen LogP contribution is -1.98. The summed E-state index contributed by atoms with van der Waals surface area (Å²) >= 11 is 0. The van der Waals surface area contributed by atoms with Gasteiger partial charge in [0.05, 0.1) is 6.61 Å². The van der Waals surface area contributed by atoms with Crippen LogP contribution >= 0.6 is 0 Å². The van der Waals surface area contributed by atoms with Gasteiger partial charge in [-0.15, -0.1) is 0 Å². The van der Waals surface area contributed by atoms with Crippen molar-refractivity contribution in [2.24, 2.45) is 0 Å². The number of benzene rings is 1. The van der Waals surface area contributed by atoms with Gasteiger partial charge in [0.2, 0.25) is 0 Å². The van der Waals surface area contributed by atoms with Crippen molar-refractivity contribution in [1.29, 1.82) is 0 Å². The summed E-state index contributed by atoms with van der Waals surface area (Å²) in [6.07, 6.45) is 1.66. The predicted octanol–water partition coefficient (Wildman–Crippen LogP) is 2.03. The summed E-state index contributed by atoms with van der Waals surface area (Å²) < 4.78 is 31.8. The molecule has 2 rings (SSSR count). The highest BCUT2D eigenvalue weighted by Crippen LogP contribution is 2.34. The van der Waals surface area contributed by atoms with E-state index in [4.69, 9.17) is 4.74 Å². The number of hydrogen-bond donors (Lipinski definition) is 0. The zero-order valence-electron chi connectivity index (χ0n) is 8.06. The highest BCUT2D eigenvalue weighted by Gasteiger charge is 2.23. The fourth-order valence-electron chi connectivity index (χ4n) is 1.78. The van der Waals surface area contributed by atoms with Gasteiger partial charge in [-0.05, 0) is 6.42 Å². The number of halogens is 2. The summed E-state index contributed by atoms with van der Waals surface area (Å²) in [5.41, 5.74) is 0.744. The molecule has 2 nitrogen and oxygen atoms in total. The first-order valence-electron chi connectivity index (χ1n) is 4.80. The lowest BCUT2D eigenvalue weighted by Gasteiger charge is -2.08. The van der Waals surface area contributed by atoms with Crippen LogP contribution in [-0.2, 0) is 17.6 Å². The van der Waals surface area contributed by atoms with E-state index in [0.29, 0.717) is 36.2 Å². The molecule has 0 spiro atoms. The van der Waals surface area contributed by atoms with Gasteiger partial charge < -0.3 is 9.53 Å². The highest BCUT2D eigenvalue weighted by atomic mass is 19.1. The number of hydrogen-bond acceptors (Lipinski definition) is 2. The van der Waals surface area contributed by atoms with E-state index in [-0.39, 0.29) is 12.8 Å². The number of carbonyl (C=O) groups excluding carboxylic acids is 1. The third-order valence-electron chi connectivity index (χ3n) is 2.49. The summed E-state index contributed by atoms with van der Waals surface area (Å²) in [4.78, 5) is 10.2. The molecule has 0 saturated heterocycles. The Bertz CT molecular complexity index is 402. The minimum Gasteiger partial charge on any atom is -0.492 e. The second kappa shape index (κ2) is 3.96. The van der Waals surface area contributed by atoms with Crippen LogP contribution in [-0.4, -0.2) is 12.9 Å². The smallest absolute Gasteiger partial charge is 0.133 e. The molecule has 0 aliphatic carbocycles. The molecule has 0 N–H and O–H groups in total. The molecule has 15 heavy (non-hydrogen) atoms. The van der Waals surface area contributed by atoms with Crippen molar-refractivity contribution >= 4 is 6.29 Å². The molecule has 1 aromatic carbocycles. The van der Waals surface area contributed by atoms with Crippen molar-refractivity contribution in [3.63, 3.8) is 0 Å². The summed E-state index contributed by atoms with van der Waals surface area (Å²) in [7, 11) is 0. The SMILES string of the molecule is O=CCCc1c(F)cc(F)c2c1OCC2. The van der Waals surface area contributed by atoms with Crippen LogP contribution in [0.4, 0.5) is 8.78 Å². The predicted molar refractivity (Wildman–Crippen MR) is 49.9 cm³/mol. The van der Waals surface area contributed by atoms with Crippen LogP contribution in [0.1, 0.15) is 17.5 Å². The standard InChI is InChI=1S/C11H10F2O2/c12-9-6-10(13)8-3-5-15-11(8)7(9)2-1-4-14/h4,6H,1-3,5H2. The molecule has 1 aliphatic heterocycles. The minimum absolute atomic E-state index is 0.221. The molecule has 0 fully saturated rings. The molecule has 0 radical (unpaired) electrons. The second-order valence-electron chi connectivity index (χ2n) is 3.43. The maximum Gasteiger partial charge on any atom is 0.133 e. The third-order valence-corrected chi connectivity index (χ3v) is 2.49. The van der Waals surface area contributed by atoms with E-state index in [0.717, 1.165) is 6.07 Å². The van der Waals surface area contributed by atoms with Gasteiger partial charge in [0.15, 0.2) is 0 Å². The van der Waals surface area contributed by atoms with E-state index in [9.17, 15) is 13.6 Å². The molecule has 1 aromatic rings. The first-order chi connectivity index (χ1) is 7.24. The Kier molecular flexibility index (Phi) is 2.66. The molecule has 0 aromatic heterocycles. The van der Waals surface area contributed by atoms with E-state index >= 15 is 0 Å². The van der Waals surface area contributed by atoms with Gasteiger partial charge in [-0.1, -0.05) is 0 Å². The molecule has 0 saturated carbocycles. The zero-order chi connectivity index (χ0) is 10.8. The van der Waals surface area contributed by atoms with E-state index in [1.165, 1.54) is 0 Å². The molecular formula is C11H10F2O2. The average Bonchev–Trinajstić information content (AvgIpc) is 2.66. The number of fused-ring (bicyclic) bond motifs is 1. The first kappa shape index (κ1) is 10.1. The second-order valence-corrected chi connectivity index (χ2v) is 3.43. The van der Waals surface area contributed by atoms with Crippen molar-refractivity contribution < 1.29 is 18.3 Å². The molecule has 1 heterocycles. The molecule has 0 amide bonds. The lowest BCUT2D eigenvalue weighted by atomic mass is 10.0. The first-order valence-corrected chi connectivity index (χ1v) is 4.80. The molecular weight excluding hydrogens is 202 g/mol. The van der Waals surface area contributed by atoms with Crippen molar-refractivity contribution in [3.8, 4) is 5.75 Å². The molecule has 1 aliphatic rings. The van der Waals surface area contributed by atoms with E-state index < -0.39 is 11.6 Å². The Balaban J connectivity index is 2.44. The van der Waals surface area contributed by atoms with Crippen LogP contribution in [0.3, 0.4) is 0 Å². The van der Waals surface area contributed by atoms with Crippen molar-refractivity contribution in [2.45, 2.75) is 19.3 Å². The highest BCUT2D eigenvalue weighted by molar-refractivity contribution is 5.52. The van der Waals surface area contributed by atoms with E-state index in [1.54, 1.807) is 0 Å². The quantitative estimate of drug-likeness (QED) is 0.716. The number of rotatable bonds is 3. The van der Waals surface area contributed by atoms with Gasteiger partial charge in [-0.3, -0.25) is 0 Å². The molecule has 0 bridgehead atoms. The van der Waals surface area contributed by atoms with E-state index in [2.05, 4.69) is 0 Å². The summed E-state index contributed by atoms with van der Waals surface area (Å²) in [5, 5.41) is 0. The van der Waals surface area contributed by atoms with Gasteiger partial charge in [-0.2, -0.15) is 0 Å². The van der Waals surface area contributed by atoms with Gasteiger partial charge in [-0.25, -0.2) is 8.78 Å². The number of aldehydes is 1. The Morgan fingerprint density at radius 2 is 2.20 bits per heavy atom. The van der Waals surface area contributed by atoms with E-state index in [1.807, 2.05) is 0 Å². The van der Waals surface area contributed by atoms with Crippen LogP contribution in [0.15, 0.2) is 6.07 Å². The Morgan fingerprint density at radius 1 is 1.40 bits per heavy atom. The van der Waals surface area contributed by atoms with Crippen LogP contribution in [0, 0.1) is 11.6 Å². The van der Waals surface area contributed by atoms with Gasteiger partial charge in [0, 0.05) is 30.0 Å².